The van der Waals surface area contributed by atoms with Gasteiger partial charge in [0.2, 0.25) is 0 Å². The van der Waals surface area contributed by atoms with Crippen LogP contribution in [0.15, 0.2) is 58.4 Å². The van der Waals surface area contributed by atoms with E-state index >= 15 is 0 Å². The van der Waals surface area contributed by atoms with Gasteiger partial charge in [-0.25, -0.2) is 9.97 Å². The zero-order valence-corrected chi connectivity index (χ0v) is 19.4. The Labute approximate surface area is 199 Å². The summed E-state index contributed by atoms with van der Waals surface area (Å²) in [4.78, 5) is 26.2. The van der Waals surface area contributed by atoms with Crippen molar-refractivity contribution in [1.29, 1.82) is 0 Å². The monoisotopic (exact) mass is 480 g/mol. The molecule has 0 saturated heterocycles. The second-order valence-electron chi connectivity index (χ2n) is 8.61. The summed E-state index contributed by atoms with van der Waals surface area (Å²) in [6.45, 7) is 4.87. The van der Waals surface area contributed by atoms with Crippen molar-refractivity contribution in [1.82, 2.24) is 19.1 Å². The highest BCUT2D eigenvalue weighted by molar-refractivity contribution is 5.82. The van der Waals surface area contributed by atoms with Crippen LogP contribution in [0.5, 0.6) is 0 Å². The number of fused-ring (bicyclic) bond motifs is 3. The summed E-state index contributed by atoms with van der Waals surface area (Å²) in [5, 5.41) is 3.38. The molecule has 0 radical (unpaired) electrons. The minimum Gasteiger partial charge on any atom is -0.369 e. The van der Waals surface area contributed by atoms with Crippen LogP contribution in [0.25, 0.3) is 22.5 Å². The SMILES string of the molecule is Cc1nc2n3c(c(-c4ccn(C)c(=O)c4)cc-2c(=N[C@H](C)c2cccc(C(F)(F)F)c2)n1)NCC3. The number of nitrogens with zero attached hydrogens (tertiary/aromatic N) is 5. The first-order valence-electron chi connectivity index (χ1n) is 11.2. The Balaban J connectivity index is 1.71. The smallest absolute Gasteiger partial charge is 0.369 e. The van der Waals surface area contributed by atoms with Crippen LogP contribution in [-0.4, -0.2) is 25.6 Å². The maximum Gasteiger partial charge on any atom is 0.416 e. The molecule has 0 fully saturated rings. The second-order valence-corrected chi connectivity index (χ2v) is 8.61. The van der Waals surface area contributed by atoms with E-state index in [0.29, 0.717) is 41.4 Å². The normalized spacial score (nSPS) is 14.7. The Morgan fingerprint density at radius 2 is 1.91 bits per heavy atom. The summed E-state index contributed by atoms with van der Waals surface area (Å²) in [5.74, 6) is 2.04. The van der Waals surface area contributed by atoms with Gasteiger partial charge in [-0.1, -0.05) is 12.1 Å². The quantitative estimate of drug-likeness (QED) is 0.478. The van der Waals surface area contributed by atoms with Gasteiger partial charge in [-0.05, 0) is 49.2 Å². The molecule has 7 nitrogen and oxygen atoms in total. The van der Waals surface area contributed by atoms with E-state index in [4.69, 9.17) is 4.99 Å². The van der Waals surface area contributed by atoms with Crippen LogP contribution in [-0.2, 0) is 19.8 Å². The van der Waals surface area contributed by atoms with Crippen LogP contribution in [0.2, 0.25) is 0 Å². The molecule has 2 aromatic rings. The molecule has 1 N–H and O–H groups in total. The predicted octanol–water partition coefficient (Wildman–Crippen LogP) is 4.16. The van der Waals surface area contributed by atoms with Crippen molar-refractivity contribution in [3.05, 3.63) is 81.5 Å². The number of aryl methyl sites for hydroxylation is 2. The van der Waals surface area contributed by atoms with Crippen LogP contribution in [0.4, 0.5) is 19.0 Å². The molecule has 4 heterocycles. The van der Waals surface area contributed by atoms with Gasteiger partial charge in [-0.15, -0.1) is 0 Å². The van der Waals surface area contributed by atoms with Gasteiger partial charge in [0, 0.05) is 38.0 Å². The molecule has 0 aliphatic carbocycles. The molecule has 1 aromatic carbocycles. The van der Waals surface area contributed by atoms with Crippen molar-refractivity contribution >= 4 is 5.82 Å². The van der Waals surface area contributed by atoms with Crippen molar-refractivity contribution in [2.75, 3.05) is 11.9 Å². The van der Waals surface area contributed by atoms with Crippen molar-refractivity contribution in [2.24, 2.45) is 12.0 Å². The predicted molar refractivity (Wildman–Crippen MR) is 126 cm³/mol. The lowest BCUT2D eigenvalue weighted by atomic mass is 10.0. The first-order chi connectivity index (χ1) is 16.6. The van der Waals surface area contributed by atoms with Crippen molar-refractivity contribution in [3.8, 4) is 22.5 Å². The highest BCUT2D eigenvalue weighted by atomic mass is 19.4. The van der Waals surface area contributed by atoms with Crippen LogP contribution >= 0.6 is 0 Å². The molecular weight excluding hydrogens is 457 g/mol. The number of rotatable bonds is 3. The number of halogens is 3. The minimum absolute atomic E-state index is 0.137. The largest absolute Gasteiger partial charge is 0.416 e. The maximum absolute atomic E-state index is 13.2. The van der Waals surface area contributed by atoms with E-state index in [1.807, 2.05) is 16.7 Å². The molecular formula is C25H23F3N6O. The lowest BCUT2D eigenvalue weighted by Gasteiger charge is -2.18. The third kappa shape index (κ3) is 4.20. The zero-order valence-electron chi connectivity index (χ0n) is 19.4. The number of alkyl halides is 3. The first-order valence-corrected chi connectivity index (χ1v) is 11.2. The maximum atomic E-state index is 13.2. The molecule has 10 heteroatoms. The van der Waals surface area contributed by atoms with E-state index in [-0.39, 0.29) is 5.56 Å². The molecule has 0 spiro atoms. The summed E-state index contributed by atoms with van der Waals surface area (Å²) < 4.78 is 43.2. The highest BCUT2D eigenvalue weighted by Crippen LogP contribution is 2.36. The van der Waals surface area contributed by atoms with Crippen molar-refractivity contribution in [2.45, 2.75) is 32.6 Å². The Hall–Kier alpha value is -3.95. The molecule has 1 atom stereocenters. The van der Waals surface area contributed by atoms with Crippen LogP contribution in [0.1, 0.15) is 29.9 Å². The van der Waals surface area contributed by atoms with Gasteiger partial charge in [-0.3, -0.25) is 9.79 Å². The molecule has 3 aliphatic rings. The Bertz CT molecular complexity index is 1540. The van der Waals surface area contributed by atoms with E-state index in [0.717, 1.165) is 29.1 Å². The molecule has 5 rings (SSSR count). The van der Waals surface area contributed by atoms with Crippen molar-refractivity contribution < 1.29 is 13.2 Å². The zero-order chi connectivity index (χ0) is 24.9. The first kappa shape index (κ1) is 22.8. The highest BCUT2D eigenvalue weighted by Gasteiger charge is 2.31. The molecule has 3 aliphatic heterocycles. The van der Waals surface area contributed by atoms with E-state index in [1.165, 1.54) is 10.6 Å². The van der Waals surface area contributed by atoms with Gasteiger partial charge in [0.1, 0.15) is 17.5 Å². The number of aromatic nitrogens is 4. The van der Waals surface area contributed by atoms with Gasteiger partial charge in [0.25, 0.3) is 5.56 Å². The summed E-state index contributed by atoms with van der Waals surface area (Å²) in [6, 6.07) is 9.93. The number of hydrogen-bond acceptors (Lipinski definition) is 5. The Morgan fingerprint density at radius 3 is 2.66 bits per heavy atom. The molecule has 0 bridgehead atoms. The number of anilines is 1. The average molecular weight is 480 g/mol. The number of pyridine rings is 2. The van der Waals surface area contributed by atoms with Gasteiger partial charge in [0.15, 0.2) is 5.49 Å². The molecule has 180 valence electrons. The van der Waals surface area contributed by atoms with E-state index in [2.05, 4.69) is 15.3 Å². The number of benzene rings is 1. The van der Waals surface area contributed by atoms with E-state index in [1.54, 1.807) is 39.2 Å². The lowest BCUT2D eigenvalue weighted by molar-refractivity contribution is -0.137. The number of hydrogen-bond donors (Lipinski definition) is 1. The Kier molecular flexibility index (Phi) is 5.46. The van der Waals surface area contributed by atoms with Gasteiger partial charge in [0.05, 0.1) is 17.2 Å². The molecule has 0 amide bonds. The third-order valence-electron chi connectivity index (χ3n) is 6.14. The van der Waals surface area contributed by atoms with E-state index < -0.39 is 17.8 Å². The fraction of sp³-hybridized carbons (Fsp3) is 0.280. The van der Waals surface area contributed by atoms with Crippen LogP contribution in [0.3, 0.4) is 0 Å². The molecule has 1 aromatic heterocycles. The van der Waals surface area contributed by atoms with Gasteiger partial charge in [-0.2, -0.15) is 13.2 Å². The number of nitrogens with one attached hydrogen (secondary N) is 1. The minimum atomic E-state index is -4.43. The fourth-order valence-corrected chi connectivity index (χ4v) is 4.31. The van der Waals surface area contributed by atoms with Crippen LogP contribution < -0.4 is 16.4 Å². The Morgan fingerprint density at radius 1 is 1.11 bits per heavy atom. The van der Waals surface area contributed by atoms with E-state index in [9.17, 15) is 18.0 Å². The summed E-state index contributed by atoms with van der Waals surface area (Å²) in [5.41, 5.74) is 2.19. The molecule has 35 heavy (non-hydrogen) atoms. The topological polar surface area (TPSA) is 77.1 Å². The molecule has 0 saturated carbocycles. The van der Waals surface area contributed by atoms with Crippen molar-refractivity contribution in [3.63, 3.8) is 0 Å². The fourth-order valence-electron chi connectivity index (χ4n) is 4.31. The second kappa shape index (κ2) is 8.37. The van der Waals surface area contributed by atoms with Crippen LogP contribution in [0, 0.1) is 6.92 Å². The molecule has 0 unspecified atom stereocenters. The van der Waals surface area contributed by atoms with Gasteiger partial charge < -0.3 is 14.5 Å². The average Bonchev–Trinajstić information content (AvgIpc) is 3.30. The summed E-state index contributed by atoms with van der Waals surface area (Å²) in [7, 11) is 1.69. The third-order valence-corrected chi connectivity index (χ3v) is 6.14. The summed E-state index contributed by atoms with van der Waals surface area (Å²) >= 11 is 0. The van der Waals surface area contributed by atoms with Gasteiger partial charge >= 0.3 is 6.18 Å². The lowest BCUT2D eigenvalue weighted by Crippen LogP contribution is -2.21. The summed E-state index contributed by atoms with van der Waals surface area (Å²) in [6.07, 6.45) is -2.72. The standard InChI is InChI=1S/C25H23F3N6O/c1-14(16-5-4-6-18(11-16)25(26,27)28)30-22-20-13-19(17-7-9-33(3)21(35)12-17)23-29-8-10-34(23)24(20)32-15(2)31-22/h4-7,9,11-14,29H,8,10H2,1-3H3/t14-/m1/s1.